The van der Waals surface area contributed by atoms with E-state index in [0.717, 1.165) is 63.4 Å². The second-order valence-corrected chi connectivity index (χ2v) is 9.77. The molecule has 0 spiro atoms. The van der Waals surface area contributed by atoms with Gasteiger partial charge in [0.15, 0.2) is 0 Å². The summed E-state index contributed by atoms with van der Waals surface area (Å²) in [6.07, 6.45) is 6.68. The first-order valence-electron chi connectivity index (χ1n) is 12.6. The van der Waals surface area contributed by atoms with E-state index < -0.39 is 5.54 Å². The number of nitrogens with zero attached hydrogens (tertiary/aromatic N) is 3. The van der Waals surface area contributed by atoms with Crippen molar-refractivity contribution in [3.63, 3.8) is 0 Å². The van der Waals surface area contributed by atoms with Crippen molar-refractivity contribution in [2.45, 2.75) is 57.5 Å². The van der Waals surface area contributed by atoms with Crippen LogP contribution in [0, 0.1) is 5.92 Å². The molecule has 180 valence electrons. The minimum absolute atomic E-state index is 0.0487. The largest absolute Gasteiger partial charge is 0.493 e. The number of fused-ring (bicyclic) bond motifs is 1. The number of pyridine rings is 1. The minimum atomic E-state index is -0.771. The maximum atomic E-state index is 13.6. The molecule has 2 saturated heterocycles. The number of carbonyl (C=O) groups excluding carboxylic acids is 2. The number of imide groups is 1. The van der Waals surface area contributed by atoms with Crippen LogP contribution in [0.15, 0.2) is 42.6 Å². The van der Waals surface area contributed by atoms with E-state index in [1.165, 1.54) is 16.0 Å². The van der Waals surface area contributed by atoms with E-state index >= 15 is 0 Å². The summed E-state index contributed by atoms with van der Waals surface area (Å²) < 4.78 is 5.63. The number of hydrogen-bond acceptors (Lipinski definition) is 5. The molecule has 7 heteroatoms. The highest BCUT2D eigenvalue weighted by atomic mass is 16.5. The van der Waals surface area contributed by atoms with Gasteiger partial charge in [-0.2, -0.15) is 0 Å². The van der Waals surface area contributed by atoms with Crippen LogP contribution in [0.25, 0.3) is 0 Å². The predicted octanol–water partition coefficient (Wildman–Crippen LogP) is 3.56. The topological polar surface area (TPSA) is 74.8 Å². The number of hydrogen-bond donors (Lipinski definition) is 1. The summed E-state index contributed by atoms with van der Waals surface area (Å²) in [6.45, 7) is 6.01. The third kappa shape index (κ3) is 4.41. The van der Waals surface area contributed by atoms with Gasteiger partial charge in [-0.05, 0) is 67.6 Å². The lowest BCUT2D eigenvalue weighted by Crippen LogP contribution is -2.56. The minimum Gasteiger partial charge on any atom is -0.493 e. The normalized spacial score (nSPS) is 23.1. The maximum absolute atomic E-state index is 13.6. The number of carbonyl (C=O) groups is 2. The molecule has 1 aromatic heterocycles. The van der Waals surface area contributed by atoms with Gasteiger partial charge in [-0.3, -0.25) is 19.6 Å². The molecule has 0 aliphatic carbocycles. The van der Waals surface area contributed by atoms with Gasteiger partial charge in [0.1, 0.15) is 11.3 Å². The molecule has 1 N–H and O–H groups in total. The number of likely N-dealkylation sites (tertiary alicyclic amines) is 1. The Labute approximate surface area is 201 Å². The molecule has 3 amide bonds. The highest BCUT2D eigenvalue weighted by Crippen LogP contribution is 2.37. The standard InChI is InChI=1S/C27H34N4O3/c1-2-12-27(25(32)31(26(33)29-27)16-10-23-5-3-4-13-28-23)22-8-14-30(15-9-22)19-20-6-7-24-21(18-20)11-17-34-24/h3-7,13,18,22H,2,8-12,14-17,19H2,1H3,(H,29,33). The predicted molar refractivity (Wildman–Crippen MR) is 129 cm³/mol. The van der Waals surface area contributed by atoms with E-state index in [-0.39, 0.29) is 17.9 Å². The Bertz CT molecular complexity index is 1040. The summed E-state index contributed by atoms with van der Waals surface area (Å²) in [6, 6.07) is 12.0. The molecule has 3 aliphatic rings. The van der Waals surface area contributed by atoms with Crippen molar-refractivity contribution in [3.05, 3.63) is 59.4 Å². The summed E-state index contributed by atoms with van der Waals surface area (Å²) in [5.74, 6) is 1.13. The second kappa shape index (κ2) is 9.74. The second-order valence-electron chi connectivity index (χ2n) is 9.77. The van der Waals surface area contributed by atoms with Crippen LogP contribution < -0.4 is 10.1 Å². The van der Waals surface area contributed by atoms with Crippen molar-refractivity contribution >= 4 is 11.9 Å². The van der Waals surface area contributed by atoms with Gasteiger partial charge in [-0.25, -0.2) is 4.79 Å². The van der Waals surface area contributed by atoms with Crippen molar-refractivity contribution in [2.75, 3.05) is 26.2 Å². The lowest BCUT2D eigenvalue weighted by molar-refractivity contribution is -0.134. The average Bonchev–Trinajstić information content (AvgIpc) is 3.41. The number of amides is 3. The highest BCUT2D eigenvalue weighted by molar-refractivity contribution is 6.07. The van der Waals surface area contributed by atoms with Gasteiger partial charge >= 0.3 is 6.03 Å². The molecule has 1 unspecified atom stereocenters. The molecule has 0 saturated carbocycles. The zero-order chi connectivity index (χ0) is 23.5. The van der Waals surface area contributed by atoms with Crippen molar-refractivity contribution < 1.29 is 14.3 Å². The summed E-state index contributed by atoms with van der Waals surface area (Å²) in [4.78, 5) is 34.7. The quantitative estimate of drug-likeness (QED) is 0.607. The number of nitrogens with one attached hydrogen (secondary N) is 1. The molecule has 4 heterocycles. The van der Waals surface area contributed by atoms with Gasteiger partial charge in [0.05, 0.1) is 6.61 Å². The van der Waals surface area contributed by atoms with E-state index in [4.69, 9.17) is 4.74 Å². The maximum Gasteiger partial charge on any atom is 0.325 e. The fourth-order valence-corrected chi connectivity index (χ4v) is 5.85. The lowest BCUT2D eigenvalue weighted by Gasteiger charge is -2.41. The van der Waals surface area contributed by atoms with E-state index in [9.17, 15) is 9.59 Å². The molecule has 0 radical (unpaired) electrons. The first-order chi connectivity index (χ1) is 16.6. The molecule has 0 bridgehead atoms. The van der Waals surface area contributed by atoms with Gasteiger partial charge in [0.2, 0.25) is 0 Å². The van der Waals surface area contributed by atoms with Crippen LogP contribution in [-0.4, -0.2) is 58.5 Å². The Balaban J connectivity index is 1.22. The SMILES string of the molecule is CCCC1(C2CCN(Cc3ccc4c(c3)CCO4)CC2)NC(=O)N(CCc2ccccn2)C1=O. The van der Waals surface area contributed by atoms with E-state index in [1.54, 1.807) is 6.20 Å². The summed E-state index contributed by atoms with van der Waals surface area (Å²) >= 11 is 0. The molecular formula is C27H34N4O3. The number of ether oxygens (including phenoxy) is 1. The van der Waals surface area contributed by atoms with Crippen LogP contribution in [-0.2, 0) is 24.2 Å². The first kappa shape index (κ1) is 22.8. The van der Waals surface area contributed by atoms with Crippen LogP contribution in [0.3, 0.4) is 0 Å². The zero-order valence-corrected chi connectivity index (χ0v) is 20.0. The number of benzene rings is 1. The van der Waals surface area contributed by atoms with Gasteiger partial charge in [0, 0.05) is 37.8 Å². The third-order valence-electron chi connectivity index (χ3n) is 7.61. The Morgan fingerprint density at radius 2 is 2.03 bits per heavy atom. The van der Waals surface area contributed by atoms with E-state index in [1.807, 2.05) is 18.2 Å². The third-order valence-corrected chi connectivity index (χ3v) is 7.61. The van der Waals surface area contributed by atoms with Crippen molar-refractivity contribution in [1.29, 1.82) is 0 Å². The summed E-state index contributed by atoms with van der Waals surface area (Å²) in [5.41, 5.74) is 2.74. The van der Waals surface area contributed by atoms with Gasteiger partial charge in [0.25, 0.3) is 5.91 Å². The molecule has 1 atom stereocenters. The Morgan fingerprint density at radius 3 is 2.79 bits per heavy atom. The number of piperidine rings is 1. The fraction of sp³-hybridized carbons (Fsp3) is 0.519. The Morgan fingerprint density at radius 1 is 1.18 bits per heavy atom. The molecule has 2 fully saturated rings. The van der Waals surface area contributed by atoms with Crippen LogP contribution in [0.2, 0.25) is 0 Å². The number of rotatable bonds is 8. The fourth-order valence-electron chi connectivity index (χ4n) is 5.85. The number of aromatic nitrogens is 1. The first-order valence-corrected chi connectivity index (χ1v) is 12.6. The van der Waals surface area contributed by atoms with E-state index in [2.05, 4.69) is 40.3 Å². The van der Waals surface area contributed by atoms with E-state index in [0.29, 0.717) is 19.4 Å². The Hall–Kier alpha value is -2.93. The number of urea groups is 1. The molecule has 1 aromatic carbocycles. The molecular weight excluding hydrogens is 428 g/mol. The van der Waals surface area contributed by atoms with Crippen molar-refractivity contribution in [2.24, 2.45) is 5.92 Å². The zero-order valence-electron chi connectivity index (χ0n) is 20.0. The molecule has 5 rings (SSSR count). The molecule has 2 aromatic rings. The van der Waals surface area contributed by atoms with Crippen LogP contribution in [0.1, 0.15) is 49.4 Å². The van der Waals surface area contributed by atoms with Gasteiger partial charge < -0.3 is 10.1 Å². The highest BCUT2D eigenvalue weighted by Gasteiger charge is 2.55. The Kier molecular flexibility index (Phi) is 6.55. The van der Waals surface area contributed by atoms with Crippen LogP contribution in [0.5, 0.6) is 5.75 Å². The van der Waals surface area contributed by atoms with Crippen molar-refractivity contribution in [3.8, 4) is 5.75 Å². The summed E-state index contributed by atoms with van der Waals surface area (Å²) in [7, 11) is 0. The molecule has 7 nitrogen and oxygen atoms in total. The van der Waals surface area contributed by atoms with Gasteiger partial charge in [-0.1, -0.05) is 31.5 Å². The monoisotopic (exact) mass is 462 g/mol. The summed E-state index contributed by atoms with van der Waals surface area (Å²) in [5, 5.41) is 3.15. The lowest BCUT2D eigenvalue weighted by atomic mass is 9.74. The van der Waals surface area contributed by atoms with Crippen LogP contribution >= 0.6 is 0 Å². The van der Waals surface area contributed by atoms with Crippen LogP contribution in [0.4, 0.5) is 4.79 Å². The molecule has 34 heavy (non-hydrogen) atoms. The van der Waals surface area contributed by atoms with Gasteiger partial charge in [-0.15, -0.1) is 0 Å². The smallest absolute Gasteiger partial charge is 0.325 e. The van der Waals surface area contributed by atoms with Crippen molar-refractivity contribution in [1.82, 2.24) is 20.1 Å². The molecule has 3 aliphatic heterocycles. The average molecular weight is 463 g/mol.